The van der Waals surface area contributed by atoms with Gasteiger partial charge >= 0.3 is 0 Å². The van der Waals surface area contributed by atoms with E-state index in [0.717, 1.165) is 5.56 Å². The molecule has 1 unspecified atom stereocenters. The van der Waals surface area contributed by atoms with Crippen LogP contribution in [-0.2, 0) is 0 Å². The number of nitrogens with zero attached hydrogens (tertiary/aromatic N) is 1. The maximum absolute atomic E-state index is 10.7. The Kier molecular flexibility index (Phi) is 4.27. The highest BCUT2D eigenvalue weighted by molar-refractivity contribution is 7.99. The van der Waals surface area contributed by atoms with Gasteiger partial charge in [0.1, 0.15) is 0 Å². The molecule has 6 nitrogen and oxygen atoms in total. The van der Waals surface area contributed by atoms with Crippen LogP contribution in [0.15, 0.2) is 18.2 Å². The van der Waals surface area contributed by atoms with Crippen molar-refractivity contribution in [3.8, 4) is 11.5 Å². The maximum Gasteiger partial charge on any atom is 0.231 e. The quantitative estimate of drug-likeness (QED) is 0.621. The van der Waals surface area contributed by atoms with Crippen LogP contribution in [0.1, 0.15) is 10.8 Å². The van der Waals surface area contributed by atoms with Crippen molar-refractivity contribution in [2.75, 3.05) is 25.6 Å². The molecule has 0 bridgehead atoms. The molecular formula is C11H14N2O4S. The van der Waals surface area contributed by atoms with E-state index in [4.69, 9.17) is 15.2 Å². The van der Waals surface area contributed by atoms with E-state index in [-0.39, 0.29) is 23.5 Å². The number of hydrogen-bond donors (Lipinski definition) is 1. The summed E-state index contributed by atoms with van der Waals surface area (Å²) < 4.78 is 10.5. The van der Waals surface area contributed by atoms with Crippen LogP contribution < -0.4 is 15.2 Å². The van der Waals surface area contributed by atoms with Crippen LogP contribution in [0.4, 0.5) is 0 Å². The lowest BCUT2D eigenvalue weighted by molar-refractivity contribution is -0.479. The molecule has 1 aromatic rings. The molecule has 18 heavy (non-hydrogen) atoms. The molecule has 98 valence electrons. The second-order valence-electron chi connectivity index (χ2n) is 3.78. The number of rotatable bonds is 6. The Morgan fingerprint density at radius 2 is 2.22 bits per heavy atom. The van der Waals surface area contributed by atoms with Gasteiger partial charge in [0.15, 0.2) is 11.5 Å². The fourth-order valence-electron chi connectivity index (χ4n) is 1.71. The van der Waals surface area contributed by atoms with Crippen LogP contribution in [0.25, 0.3) is 0 Å². The van der Waals surface area contributed by atoms with Crippen LogP contribution >= 0.6 is 11.8 Å². The summed E-state index contributed by atoms with van der Waals surface area (Å²) in [6, 6.07) is 5.43. The number of benzene rings is 1. The molecule has 1 heterocycles. The first-order valence-corrected chi connectivity index (χ1v) is 6.58. The highest BCUT2D eigenvalue weighted by atomic mass is 32.2. The zero-order chi connectivity index (χ0) is 13.0. The van der Waals surface area contributed by atoms with E-state index in [0.29, 0.717) is 23.8 Å². The van der Waals surface area contributed by atoms with Gasteiger partial charge in [0, 0.05) is 17.2 Å². The molecule has 0 radical (unpaired) electrons. The fourth-order valence-corrected chi connectivity index (χ4v) is 2.70. The predicted octanol–water partition coefficient (Wildman–Crippen LogP) is 1.43. The topological polar surface area (TPSA) is 87.6 Å². The van der Waals surface area contributed by atoms with Gasteiger partial charge in [-0.1, -0.05) is 6.07 Å². The van der Waals surface area contributed by atoms with Crippen LogP contribution in [0, 0.1) is 10.1 Å². The van der Waals surface area contributed by atoms with E-state index < -0.39 is 0 Å². The minimum absolute atomic E-state index is 0.121. The third kappa shape index (κ3) is 3.05. The van der Waals surface area contributed by atoms with Crippen LogP contribution in [-0.4, -0.2) is 30.6 Å². The minimum Gasteiger partial charge on any atom is -0.454 e. The number of ether oxygens (including phenoxy) is 2. The van der Waals surface area contributed by atoms with Crippen molar-refractivity contribution in [3.05, 3.63) is 33.9 Å². The van der Waals surface area contributed by atoms with E-state index >= 15 is 0 Å². The van der Waals surface area contributed by atoms with E-state index in [1.54, 1.807) is 12.1 Å². The van der Waals surface area contributed by atoms with Crippen molar-refractivity contribution in [1.29, 1.82) is 0 Å². The Labute approximate surface area is 109 Å². The van der Waals surface area contributed by atoms with Crippen molar-refractivity contribution in [1.82, 2.24) is 0 Å². The molecule has 0 saturated carbocycles. The number of thioether (sulfide) groups is 1. The smallest absolute Gasteiger partial charge is 0.231 e. The Morgan fingerprint density at radius 1 is 1.44 bits per heavy atom. The summed E-state index contributed by atoms with van der Waals surface area (Å²) in [5.74, 6) is 2.02. The number of nitro groups is 1. The van der Waals surface area contributed by atoms with Gasteiger partial charge in [-0.15, -0.1) is 11.8 Å². The number of fused-ring (bicyclic) bond motifs is 1. The average molecular weight is 270 g/mol. The maximum atomic E-state index is 10.7. The first-order chi connectivity index (χ1) is 8.70. The summed E-state index contributed by atoms with van der Waals surface area (Å²) >= 11 is 1.49. The van der Waals surface area contributed by atoms with Gasteiger partial charge in [-0.2, -0.15) is 0 Å². The van der Waals surface area contributed by atoms with Crippen LogP contribution in [0.3, 0.4) is 0 Å². The first-order valence-electron chi connectivity index (χ1n) is 5.53. The van der Waals surface area contributed by atoms with E-state index in [1.807, 2.05) is 6.07 Å². The molecule has 0 amide bonds. The highest BCUT2D eigenvalue weighted by Gasteiger charge is 2.21. The fraction of sp³-hybridized carbons (Fsp3) is 0.455. The summed E-state index contributed by atoms with van der Waals surface area (Å²) in [7, 11) is 0. The Bertz CT molecular complexity index is 441. The van der Waals surface area contributed by atoms with Gasteiger partial charge in [0.25, 0.3) is 0 Å². The van der Waals surface area contributed by atoms with Crippen molar-refractivity contribution < 1.29 is 14.4 Å². The molecule has 0 aromatic heterocycles. The van der Waals surface area contributed by atoms with Crippen molar-refractivity contribution in [2.45, 2.75) is 5.25 Å². The Morgan fingerprint density at radius 3 is 2.94 bits per heavy atom. The second-order valence-corrected chi connectivity index (χ2v) is 5.09. The first kappa shape index (κ1) is 13.0. The summed E-state index contributed by atoms with van der Waals surface area (Å²) in [6.45, 7) is 0.586. The third-order valence-electron chi connectivity index (χ3n) is 2.52. The Balaban J connectivity index is 2.15. The zero-order valence-corrected chi connectivity index (χ0v) is 10.5. The van der Waals surface area contributed by atoms with Gasteiger partial charge in [0.05, 0.1) is 5.25 Å². The van der Waals surface area contributed by atoms with Crippen LogP contribution in [0.5, 0.6) is 11.5 Å². The molecule has 0 saturated heterocycles. The molecular weight excluding hydrogens is 256 g/mol. The summed E-state index contributed by atoms with van der Waals surface area (Å²) in [4.78, 5) is 10.4. The number of hydrogen-bond acceptors (Lipinski definition) is 6. The van der Waals surface area contributed by atoms with E-state index in [9.17, 15) is 10.1 Å². The van der Waals surface area contributed by atoms with Crippen molar-refractivity contribution in [3.63, 3.8) is 0 Å². The third-order valence-corrected chi connectivity index (χ3v) is 3.82. The largest absolute Gasteiger partial charge is 0.454 e. The van der Waals surface area contributed by atoms with Gasteiger partial charge < -0.3 is 15.2 Å². The highest BCUT2D eigenvalue weighted by Crippen LogP contribution is 2.37. The summed E-state index contributed by atoms with van der Waals surface area (Å²) in [5, 5.41) is 10.5. The van der Waals surface area contributed by atoms with E-state index in [2.05, 4.69) is 0 Å². The lowest BCUT2D eigenvalue weighted by atomic mass is 10.1. The predicted molar refractivity (Wildman–Crippen MR) is 68.7 cm³/mol. The molecule has 1 aliphatic heterocycles. The normalized spacial score (nSPS) is 14.5. The molecule has 7 heteroatoms. The molecule has 0 aliphatic carbocycles. The van der Waals surface area contributed by atoms with Gasteiger partial charge in [-0.25, -0.2) is 0 Å². The molecule has 2 rings (SSSR count). The zero-order valence-electron chi connectivity index (χ0n) is 9.70. The van der Waals surface area contributed by atoms with Crippen molar-refractivity contribution >= 4 is 11.8 Å². The number of nitrogens with two attached hydrogens (primary N) is 1. The second kappa shape index (κ2) is 5.92. The standard InChI is InChI=1S/C11H14N2O4S/c12-3-4-18-11(6-13(14)15)8-1-2-9-10(5-8)17-7-16-9/h1-2,5,11H,3-4,6-7,12H2. The summed E-state index contributed by atoms with van der Waals surface area (Å²) in [6.07, 6.45) is 0. The van der Waals surface area contributed by atoms with E-state index in [1.165, 1.54) is 11.8 Å². The minimum atomic E-state index is -0.307. The van der Waals surface area contributed by atoms with Crippen LogP contribution in [0.2, 0.25) is 0 Å². The summed E-state index contributed by atoms with van der Waals surface area (Å²) in [5.41, 5.74) is 6.31. The molecule has 2 N–H and O–H groups in total. The monoisotopic (exact) mass is 270 g/mol. The lowest BCUT2D eigenvalue weighted by Gasteiger charge is -2.12. The molecule has 1 aliphatic rings. The lowest BCUT2D eigenvalue weighted by Crippen LogP contribution is -2.12. The van der Waals surface area contributed by atoms with Gasteiger partial charge in [-0.3, -0.25) is 10.1 Å². The Hall–Kier alpha value is -1.47. The molecule has 1 atom stereocenters. The van der Waals surface area contributed by atoms with Gasteiger partial charge in [-0.05, 0) is 17.7 Å². The molecule has 0 spiro atoms. The van der Waals surface area contributed by atoms with Crippen molar-refractivity contribution in [2.24, 2.45) is 5.73 Å². The molecule has 1 aromatic carbocycles. The molecule has 0 fully saturated rings. The average Bonchev–Trinajstić information content (AvgIpc) is 2.81. The SMILES string of the molecule is NCCSC(C[N+](=O)[O-])c1ccc2c(c1)OCO2. The van der Waals surface area contributed by atoms with Gasteiger partial charge in [0.2, 0.25) is 13.3 Å².